The maximum Gasteiger partial charge on any atom is 0.239 e. The zero-order valence-corrected chi connectivity index (χ0v) is 13.9. The molecule has 2 heterocycles. The molecular weight excluding hydrogens is 316 g/mol. The molecule has 0 aliphatic heterocycles. The summed E-state index contributed by atoms with van der Waals surface area (Å²) in [5, 5.41) is 6.20. The minimum absolute atomic E-state index is 0.0893. The number of hydrogen-bond donors (Lipinski definition) is 2. The highest BCUT2D eigenvalue weighted by molar-refractivity contribution is 6.33. The van der Waals surface area contributed by atoms with Gasteiger partial charge in [0.15, 0.2) is 0 Å². The molecule has 0 aliphatic rings. The fourth-order valence-corrected chi connectivity index (χ4v) is 2.17. The summed E-state index contributed by atoms with van der Waals surface area (Å²) in [7, 11) is 0. The van der Waals surface area contributed by atoms with Crippen molar-refractivity contribution in [2.75, 3.05) is 25.0 Å². The Morgan fingerprint density at radius 3 is 2.74 bits per heavy atom. The smallest absolute Gasteiger partial charge is 0.239 e. The molecule has 0 spiro atoms. The third kappa shape index (κ3) is 4.82. The number of pyridine rings is 2. The first kappa shape index (κ1) is 17.0. The van der Waals surface area contributed by atoms with Gasteiger partial charge < -0.3 is 15.4 Å². The summed E-state index contributed by atoms with van der Waals surface area (Å²) >= 11 is 6.22. The largest absolute Gasteiger partial charge is 0.478 e. The van der Waals surface area contributed by atoms with Crippen LogP contribution in [-0.2, 0) is 4.79 Å². The van der Waals surface area contributed by atoms with Crippen LogP contribution in [0.4, 0.5) is 5.82 Å². The summed E-state index contributed by atoms with van der Waals surface area (Å²) in [4.78, 5) is 19.9. The van der Waals surface area contributed by atoms with Crippen molar-refractivity contribution in [1.82, 2.24) is 15.3 Å². The number of hydrogen-bond acceptors (Lipinski definition) is 5. The van der Waals surface area contributed by atoms with Crippen molar-refractivity contribution >= 4 is 23.3 Å². The maximum atomic E-state index is 11.5. The fraction of sp³-hybridized carbons (Fsp3) is 0.312. The molecule has 0 radical (unpaired) electrons. The number of amides is 1. The molecule has 2 aromatic heterocycles. The summed E-state index contributed by atoms with van der Waals surface area (Å²) in [6, 6.07) is 5.46. The van der Waals surface area contributed by atoms with E-state index in [-0.39, 0.29) is 12.5 Å². The van der Waals surface area contributed by atoms with Crippen molar-refractivity contribution < 1.29 is 9.53 Å². The molecule has 122 valence electrons. The second-order valence-electron chi connectivity index (χ2n) is 4.67. The molecule has 2 aromatic rings. The lowest BCUT2D eigenvalue weighted by Crippen LogP contribution is -2.29. The topological polar surface area (TPSA) is 76.1 Å². The van der Waals surface area contributed by atoms with E-state index in [1.165, 1.54) is 0 Å². The fourth-order valence-electron chi connectivity index (χ4n) is 1.96. The number of rotatable bonds is 7. The zero-order valence-electron chi connectivity index (χ0n) is 13.1. The Kier molecular flexibility index (Phi) is 6.17. The Balaban J connectivity index is 2.15. The van der Waals surface area contributed by atoms with Gasteiger partial charge in [0.2, 0.25) is 11.8 Å². The third-order valence-electron chi connectivity index (χ3n) is 3.00. The summed E-state index contributed by atoms with van der Waals surface area (Å²) in [6.45, 7) is 5.09. The second kappa shape index (κ2) is 8.33. The molecule has 0 saturated heterocycles. The molecule has 7 heteroatoms. The molecule has 0 aromatic carbocycles. The van der Waals surface area contributed by atoms with E-state index >= 15 is 0 Å². The van der Waals surface area contributed by atoms with E-state index in [9.17, 15) is 4.79 Å². The van der Waals surface area contributed by atoms with Crippen LogP contribution in [0.2, 0.25) is 5.02 Å². The predicted molar refractivity (Wildman–Crippen MR) is 90.8 cm³/mol. The molecule has 0 unspecified atom stereocenters. The number of nitrogens with zero attached hydrogens (tertiary/aromatic N) is 2. The van der Waals surface area contributed by atoms with E-state index in [0.29, 0.717) is 29.9 Å². The lowest BCUT2D eigenvalue weighted by Gasteiger charge is -2.10. The minimum Gasteiger partial charge on any atom is -0.478 e. The monoisotopic (exact) mass is 334 g/mol. The summed E-state index contributed by atoms with van der Waals surface area (Å²) in [5.74, 6) is 1.05. The first-order chi connectivity index (χ1) is 11.1. The number of anilines is 1. The van der Waals surface area contributed by atoms with Gasteiger partial charge in [-0.3, -0.25) is 4.79 Å². The van der Waals surface area contributed by atoms with E-state index in [1.54, 1.807) is 24.5 Å². The second-order valence-corrected chi connectivity index (χ2v) is 5.08. The van der Waals surface area contributed by atoms with Crippen molar-refractivity contribution in [2.45, 2.75) is 13.8 Å². The standard InChI is InChI=1S/C16H19ClN4O2/c1-3-18-15(22)10-20-14-7-12(13(17)9-19-14)11-5-6-16(21-8-11)23-4-2/h5-9H,3-4,10H2,1-2H3,(H,18,22)(H,19,20). The van der Waals surface area contributed by atoms with Gasteiger partial charge in [0.1, 0.15) is 5.82 Å². The summed E-state index contributed by atoms with van der Waals surface area (Å²) < 4.78 is 5.33. The normalized spacial score (nSPS) is 10.2. The number of ether oxygens (including phenoxy) is 1. The summed E-state index contributed by atoms with van der Waals surface area (Å²) in [6.07, 6.45) is 3.24. The van der Waals surface area contributed by atoms with Crippen molar-refractivity contribution in [1.29, 1.82) is 0 Å². The highest BCUT2D eigenvalue weighted by Crippen LogP contribution is 2.29. The molecule has 2 N–H and O–H groups in total. The highest BCUT2D eigenvalue weighted by atomic mass is 35.5. The molecular formula is C16H19ClN4O2. The van der Waals surface area contributed by atoms with E-state index in [4.69, 9.17) is 16.3 Å². The lowest BCUT2D eigenvalue weighted by atomic mass is 10.1. The van der Waals surface area contributed by atoms with Crippen LogP contribution in [0, 0.1) is 0 Å². The Hall–Kier alpha value is -2.34. The molecule has 1 amide bonds. The van der Waals surface area contributed by atoms with Crippen LogP contribution in [0.1, 0.15) is 13.8 Å². The van der Waals surface area contributed by atoms with Crippen molar-refractivity contribution in [2.24, 2.45) is 0 Å². The number of carbonyl (C=O) groups is 1. The molecule has 0 fully saturated rings. The van der Waals surface area contributed by atoms with Gasteiger partial charge in [-0.1, -0.05) is 11.6 Å². The molecule has 2 rings (SSSR count). The van der Waals surface area contributed by atoms with Crippen molar-refractivity contribution in [3.63, 3.8) is 0 Å². The van der Waals surface area contributed by atoms with Gasteiger partial charge in [0.05, 0.1) is 18.2 Å². The van der Waals surface area contributed by atoms with E-state index in [0.717, 1.165) is 11.1 Å². The van der Waals surface area contributed by atoms with Crippen molar-refractivity contribution in [3.05, 3.63) is 35.6 Å². The quantitative estimate of drug-likeness (QED) is 0.814. The summed E-state index contributed by atoms with van der Waals surface area (Å²) in [5.41, 5.74) is 1.64. The molecule has 0 atom stereocenters. The molecule has 0 aliphatic carbocycles. The first-order valence-corrected chi connectivity index (χ1v) is 7.77. The Morgan fingerprint density at radius 1 is 1.26 bits per heavy atom. The zero-order chi connectivity index (χ0) is 16.7. The van der Waals surface area contributed by atoms with E-state index in [1.807, 2.05) is 19.9 Å². The van der Waals surface area contributed by atoms with Crippen LogP contribution in [0.5, 0.6) is 5.88 Å². The molecule has 6 nitrogen and oxygen atoms in total. The van der Waals surface area contributed by atoms with Crippen LogP contribution in [0.15, 0.2) is 30.6 Å². The predicted octanol–water partition coefficient (Wildman–Crippen LogP) is 2.74. The molecule has 0 bridgehead atoms. The number of aromatic nitrogens is 2. The van der Waals surface area contributed by atoms with E-state index < -0.39 is 0 Å². The van der Waals surface area contributed by atoms with Gasteiger partial charge in [0.25, 0.3) is 0 Å². The number of nitrogens with one attached hydrogen (secondary N) is 2. The number of carbonyl (C=O) groups excluding carboxylic acids is 1. The number of likely N-dealkylation sites (N-methyl/N-ethyl adjacent to an activating group) is 1. The van der Waals surface area contributed by atoms with Crippen LogP contribution in [0.3, 0.4) is 0 Å². The highest BCUT2D eigenvalue weighted by Gasteiger charge is 2.08. The van der Waals surface area contributed by atoms with Crippen molar-refractivity contribution in [3.8, 4) is 17.0 Å². The maximum absolute atomic E-state index is 11.5. The Labute approximate surface area is 140 Å². The number of halogens is 1. The van der Waals surface area contributed by atoms with Gasteiger partial charge in [-0.15, -0.1) is 0 Å². The van der Waals surface area contributed by atoms with Gasteiger partial charge in [-0.25, -0.2) is 9.97 Å². The molecule has 0 saturated carbocycles. The van der Waals surface area contributed by atoms with Gasteiger partial charge >= 0.3 is 0 Å². The van der Waals surface area contributed by atoms with Gasteiger partial charge in [-0.05, 0) is 26.0 Å². The Bertz CT molecular complexity index is 662. The SMILES string of the molecule is CCNC(=O)CNc1cc(-c2ccc(OCC)nc2)c(Cl)cn1. The average Bonchev–Trinajstić information content (AvgIpc) is 2.55. The lowest BCUT2D eigenvalue weighted by molar-refractivity contribution is -0.119. The van der Waals surface area contributed by atoms with Gasteiger partial charge in [0, 0.05) is 36.1 Å². The Morgan fingerprint density at radius 2 is 2.09 bits per heavy atom. The first-order valence-electron chi connectivity index (χ1n) is 7.39. The minimum atomic E-state index is -0.0893. The van der Waals surface area contributed by atoms with Crippen LogP contribution < -0.4 is 15.4 Å². The third-order valence-corrected chi connectivity index (χ3v) is 3.30. The van der Waals surface area contributed by atoms with Gasteiger partial charge in [-0.2, -0.15) is 0 Å². The van der Waals surface area contributed by atoms with E-state index in [2.05, 4.69) is 20.6 Å². The van der Waals surface area contributed by atoms with Crippen LogP contribution >= 0.6 is 11.6 Å². The molecule has 23 heavy (non-hydrogen) atoms. The van der Waals surface area contributed by atoms with Crippen LogP contribution in [-0.4, -0.2) is 35.6 Å². The van der Waals surface area contributed by atoms with Crippen LogP contribution in [0.25, 0.3) is 11.1 Å². The average molecular weight is 335 g/mol.